The highest BCUT2D eigenvalue weighted by Crippen LogP contribution is 2.26. The molecule has 6 heteroatoms. The maximum atomic E-state index is 9.21. The topological polar surface area (TPSA) is 86.8 Å². The van der Waals surface area contributed by atoms with Gasteiger partial charge >= 0.3 is 0 Å². The molecule has 0 aromatic carbocycles. The predicted molar refractivity (Wildman–Crippen MR) is 61.1 cm³/mol. The van der Waals surface area contributed by atoms with Gasteiger partial charge in [-0.15, -0.1) is 0 Å². The van der Waals surface area contributed by atoms with E-state index in [1.807, 2.05) is 32.4 Å². The minimum atomic E-state index is -0.544. The van der Waals surface area contributed by atoms with E-state index in [0.29, 0.717) is 0 Å². The van der Waals surface area contributed by atoms with Gasteiger partial charge in [0.05, 0.1) is 18.3 Å². The Labute approximate surface area is 94.5 Å². The standard InChI is InChI=1S/C10H17N5O/c1-6(2)15-8(4)10(7(3)13-15)9(5-16)12-14-11/h6,9,16H,5H2,1-4H3. The van der Waals surface area contributed by atoms with Crippen molar-refractivity contribution in [2.45, 2.75) is 39.8 Å². The van der Waals surface area contributed by atoms with Gasteiger partial charge in [0, 0.05) is 22.2 Å². The van der Waals surface area contributed by atoms with E-state index in [-0.39, 0.29) is 12.6 Å². The zero-order valence-corrected chi connectivity index (χ0v) is 10.0. The van der Waals surface area contributed by atoms with Crippen LogP contribution in [-0.2, 0) is 0 Å². The van der Waals surface area contributed by atoms with Crippen LogP contribution in [0.5, 0.6) is 0 Å². The number of aromatic nitrogens is 2. The average molecular weight is 223 g/mol. The van der Waals surface area contributed by atoms with Crippen LogP contribution in [0.25, 0.3) is 10.4 Å². The summed E-state index contributed by atoms with van der Waals surface area (Å²) in [6.07, 6.45) is 0. The van der Waals surface area contributed by atoms with Crippen LogP contribution in [0.2, 0.25) is 0 Å². The molecular weight excluding hydrogens is 206 g/mol. The minimum absolute atomic E-state index is 0.199. The summed E-state index contributed by atoms with van der Waals surface area (Å²) in [7, 11) is 0. The fourth-order valence-electron chi connectivity index (χ4n) is 1.91. The number of aliphatic hydroxyl groups excluding tert-OH is 1. The van der Waals surface area contributed by atoms with Crippen LogP contribution in [0.4, 0.5) is 0 Å². The highest BCUT2D eigenvalue weighted by molar-refractivity contribution is 5.28. The van der Waals surface area contributed by atoms with E-state index in [1.54, 1.807) is 0 Å². The number of azide groups is 1. The maximum Gasteiger partial charge on any atom is 0.0892 e. The van der Waals surface area contributed by atoms with E-state index in [9.17, 15) is 5.11 Å². The third-order valence-corrected chi connectivity index (χ3v) is 2.57. The molecule has 1 unspecified atom stereocenters. The largest absolute Gasteiger partial charge is 0.396 e. The SMILES string of the molecule is Cc1nn(C(C)C)c(C)c1C(CO)N=[N+]=[N-]. The lowest BCUT2D eigenvalue weighted by atomic mass is 10.1. The van der Waals surface area contributed by atoms with Crippen molar-refractivity contribution in [1.82, 2.24) is 9.78 Å². The molecule has 1 aromatic rings. The molecular formula is C10H17N5O. The van der Waals surface area contributed by atoms with Gasteiger partial charge in [0.1, 0.15) is 0 Å². The Morgan fingerprint density at radius 3 is 2.50 bits per heavy atom. The molecule has 0 aliphatic heterocycles. The van der Waals surface area contributed by atoms with Crippen LogP contribution >= 0.6 is 0 Å². The summed E-state index contributed by atoms with van der Waals surface area (Å²) in [6, 6.07) is -0.296. The number of nitrogens with zero attached hydrogens (tertiary/aromatic N) is 5. The third-order valence-electron chi connectivity index (χ3n) is 2.57. The Balaban J connectivity index is 3.27. The first-order valence-corrected chi connectivity index (χ1v) is 5.23. The monoisotopic (exact) mass is 223 g/mol. The van der Waals surface area contributed by atoms with Crippen LogP contribution < -0.4 is 0 Å². The van der Waals surface area contributed by atoms with Crippen molar-refractivity contribution in [3.8, 4) is 0 Å². The second-order valence-electron chi connectivity index (χ2n) is 4.03. The average Bonchev–Trinajstić information content (AvgIpc) is 2.52. The molecule has 1 atom stereocenters. The van der Waals surface area contributed by atoms with Crippen LogP contribution in [0.1, 0.15) is 42.9 Å². The van der Waals surface area contributed by atoms with E-state index < -0.39 is 6.04 Å². The number of rotatable bonds is 4. The zero-order valence-electron chi connectivity index (χ0n) is 10.0. The Kier molecular flexibility index (Phi) is 3.93. The molecule has 0 fully saturated rings. The van der Waals surface area contributed by atoms with Gasteiger partial charge in [0.2, 0.25) is 0 Å². The molecule has 0 spiro atoms. The molecule has 0 bridgehead atoms. The number of hydrogen-bond acceptors (Lipinski definition) is 3. The number of aliphatic hydroxyl groups is 1. The summed E-state index contributed by atoms with van der Waals surface area (Å²) in [5.74, 6) is 0. The lowest BCUT2D eigenvalue weighted by molar-refractivity contribution is 0.267. The van der Waals surface area contributed by atoms with Gasteiger partial charge in [-0.25, -0.2) is 0 Å². The van der Waals surface area contributed by atoms with Gasteiger partial charge in [0.25, 0.3) is 0 Å². The second kappa shape index (κ2) is 5.01. The molecule has 6 nitrogen and oxygen atoms in total. The van der Waals surface area contributed by atoms with Crippen LogP contribution in [-0.4, -0.2) is 21.5 Å². The van der Waals surface area contributed by atoms with Crippen LogP contribution in [0, 0.1) is 13.8 Å². The summed E-state index contributed by atoms with van der Waals surface area (Å²) in [5, 5.41) is 17.2. The van der Waals surface area contributed by atoms with Crippen molar-refractivity contribution in [1.29, 1.82) is 0 Å². The van der Waals surface area contributed by atoms with E-state index in [0.717, 1.165) is 17.0 Å². The van der Waals surface area contributed by atoms with Crippen molar-refractivity contribution in [2.24, 2.45) is 5.11 Å². The molecule has 1 aromatic heterocycles. The van der Waals surface area contributed by atoms with Gasteiger partial charge in [0.15, 0.2) is 0 Å². The van der Waals surface area contributed by atoms with Crippen LogP contribution in [0.15, 0.2) is 5.11 Å². The van der Waals surface area contributed by atoms with Gasteiger partial charge in [-0.2, -0.15) is 5.10 Å². The van der Waals surface area contributed by atoms with Gasteiger partial charge in [-0.3, -0.25) is 4.68 Å². The maximum absolute atomic E-state index is 9.21. The smallest absolute Gasteiger partial charge is 0.0892 e. The van der Waals surface area contributed by atoms with Crippen molar-refractivity contribution in [3.05, 3.63) is 27.4 Å². The molecule has 1 rings (SSSR count). The van der Waals surface area contributed by atoms with Gasteiger partial charge < -0.3 is 5.11 Å². The normalized spacial score (nSPS) is 12.6. The minimum Gasteiger partial charge on any atom is -0.396 e. The molecule has 0 amide bonds. The lowest BCUT2D eigenvalue weighted by Gasteiger charge is -2.11. The lowest BCUT2D eigenvalue weighted by Crippen LogP contribution is -2.07. The fraction of sp³-hybridized carbons (Fsp3) is 0.700. The summed E-state index contributed by atoms with van der Waals surface area (Å²) in [5.41, 5.74) is 11.0. The quantitative estimate of drug-likeness (QED) is 0.482. The van der Waals surface area contributed by atoms with E-state index in [4.69, 9.17) is 5.53 Å². The second-order valence-corrected chi connectivity index (χ2v) is 4.03. The molecule has 1 heterocycles. The molecule has 0 saturated heterocycles. The van der Waals surface area contributed by atoms with Crippen molar-refractivity contribution < 1.29 is 5.11 Å². The van der Waals surface area contributed by atoms with Gasteiger partial charge in [-0.1, -0.05) is 5.11 Å². The molecule has 0 aliphatic carbocycles. The Hall–Kier alpha value is -1.52. The third kappa shape index (κ3) is 2.18. The van der Waals surface area contributed by atoms with E-state index in [1.165, 1.54) is 0 Å². The summed E-state index contributed by atoms with van der Waals surface area (Å²) < 4.78 is 1.88. The Bertz CT molecular complexity index is 417. The molecule has 0 saturated carbocycles. The summed E-state index contributed by atoms with van der Waals surface area (Å²) >= 11 is 0. The van der Waals surface area contributed by atoms with Gasteiger partial charge in [-0.05, 0) is 33.2 Å². The number of hydrogen-bond donors (Lipinski definition) is 1. The Morgan fingerprint density at radius 2 is 2.12 bits per heavy atom. The first-order chi connectivity index (χ1) is 7.52. The first-order valence-electron chi connectivity index (χ1n) is 5.23. The Morgan fingerprint density at radius 1 is 1.50 bits per heavy atom. The zero-order chi connectivity index (χ0) is 12.3. The molecule has 1 N–H and O–H groups in total. The molecule has 88 valence electrons. The molecule has 16 heavy (non-hydrogen) atoms. The van der Waals surface area contributed by atoms with E-state index in [2.05, 4.69) is 15.1 Å². The summed E-state index contributed by atoms with van der Waals surface area (Å²) in [6.45, 7) is 7.65. The van der Waals surface area contributed by atoms with Crippen molar-refractivity contribution in [2.75, 3.05) is 6.61 Å². The van der Waals surface area contributed by atoms with E-state index >= 15 is 0 Å². The van der Waals surface area contributed by atoms with Crippen LogP contribution in [0.3, 0.4) is 0 Å². The number of aryl methyl sites for hydroxylation is 1. The predicted octanol–water partition coefficient (Wildman–Crippen LogP) is 2.42. The highest BCUT2D eigenvalue weighted by Gasteiger charge is 2.20. The van der Waals surface area contributed by atoms with Crippen molar-refractivity contribution in [3.63, 3.8) is 0 Å². The highest BCUT2D eigenvalue weighted by atomic mass is 16.3. The molecule has 0 radical (unpaired) electrons. The molecule has 0 aliphatic rings. The summed E-state index contributed by atoms with van der Waals surface area (Å²) in [4.78, 5) is 2.75. The van der Waals surface area contributed by atoms with Crippen molar-refractivity contribution >= 4 is 0 Å². The fourth-order valence-corrected chi connectivity index (χ4v) is 1.91. The first kappa shape index (κ1) is 12.5.